The van der Waals surface area contributed by atoms with Crippen molar-refractivity contribution in [3.63, 3.8) is 0 Å². The van der Waals surface area contributed by atoms with Gasteiger partial charge in [-0.05, 0) is 68.4 Å². The Hall–Kier alpha value is -2.73. The summed E-state index contributed by atoms with van der Waals surface area (Å²) in [6.45, 7) is 7.49. The van der Waals surface area contributed by atoms with E-state index in [4.69, 9.17) is 12.2 Å². The summed E-state index contributed by atoms with van der Waals surface area (Å²) in [5, 5.41) is 4.36. The van der Waals surface area contributed by atoms with Gasteiger partial charge in [-0.3, -0.25) is 9.97 Å². The third kappa shape index (κ3) is 3.65. The van der Waals surface area contributed by atoms with Crippen LogP contribution in [0.3, 0.4) is 0 Å². The molecule has 3 aromatic rings. The Morgan fingerprint density at radius 3 is 2.69 bits per heavy atom. The summed E-state index contributed by atoms with van der Waals surface area (Å²) in [5.41, 5.74) is 5.79. The Bertz CT molecular complexity index is 983. The molecule has 0 unspecified atom stereocenters. The van der Waals surface area contributed by atoms with Crippen LogP contribution in [0.2, 0.25) is 0 Å². The minimum atomic E-state index is 0.0309. The van der Waals surface area contributed by atoms with Crippen molar-refractivity contribution in [2.45, 2.75) is 45.7 Å². The highest BCUT2D eigenvalue weighted by Gasteiger charge is 2.41. The molecule has 6 heteroatoms. The van der Waals surface area contributed by atoms with Gasteiger partial charge in [0.15, 0.2) is 5.11 Å². The van der Waals surface area contributed by atoms with E-state index in [1.165, 1.54) is 17.0 Å². The van der Waals surface area contributed by atoms with Crippen molar-refractivity contribution in [1.82, 2.24) is 24.8 Å². The van der Waals surface area contributed by atoms with Gasteiger partial charge in [0.05, 0.1) is 29.7 Å². The highest BCUT2D eigenvalue weighted by atomic mass is 32.1. The number of hydrogen-bond acceptors (Lipinski definition) is 3. The first kappa shape index (κ1) is 19.6. The van der Waals surface area contributed by atoms with Crippen LogP contribution in [-0.4, -0.2) is 31.1 Å². The van der Waals surface area contributed by atoms with Crippen LogP contribution in [0.4, 0.5) is 0 Å². The van der Waals surface area contributed by atoms with E-state index in [0.29, 0.717) is 0 Å². The quantitative estimate of drug-likeness (QED) is 0.605. The van der Waals surface area contributed by atoms with E-state index in [-0.39, 0.29) is 12.1 Å². The molecule has 1 N–H and O–H groups in total. The lowest BCUT2D eigenvalue weighted by Gasteiger charge is -2.28. The molecule has 3 aromatic heterocycles. The number of nitrogens with zero attached hydrogens (tertiary/aromatic N) is 4. The summed E-state index contributed by atoms with van der Waals surface area (Å²) >= 11 is 5.75. The third-order valence-electron chi connectivity index (χ3n) is 5.64. The zero-order chi connectivity index (χ0) is 20.4. The molecule has 0 spiro atoms. The molecule has 2 atom stereocenters. The summed E-state index contributed by atoms with van der Waals surface area (Å²) in [4.78, 5) is 11.3. The molecule has 0 saturated carbocycles. The molecule has 4 heterocycles. The number of nitrogens with one attached hydrogen (secondary N) is 1. The van der Waals surface area contributed by atoms with E-state index in [0.717, 1.165) is 35.9 Å². The number of aromatic nitrogens is 3. The third-order valence-corrected chi connectivity index (χ3v) is 6.00. The monoisotopic (exact) mass is 405 g/mol. The van der Waals surface area contributed by atoms with Gasteiger partial charge in [-0.1, -0.05) is 19.4 Å². The molecule has 29 heavy (non-hydrogen) atoms. The van der Waals surface area contributed by atoms with Crippen LogP contribution < -0.4 is 5.32 Å². The van der Waals surface area contributed by atoms with Crippen LogP contribution in [0, 0.1) is 13.8 Å². The maximum absolute atomic E-state index is 5.75. The van der Waals surface area contributed by atoms with E-state index in [2.05, 4.69) is 63.7 Å². The predicted molar refractivity (Wildman–Crippen MR) is 120 cm³/mol. The van der Waals surface area contributed by atoms with Crippen molar-refractivity contribution in [3.05, 3.63) is 77.6 Å². The summed E-state index contributed by atoms with van der Waals surface area (Å²) < 4.78 is 2.27. The van der Waals surface area contributed by atoms with Crippen LogP contribution in [-0.2, 0) is 0 Å². The van der Waals surface area contributed by atoms with Crippen molar-refractivity contribution in [2.24, 2.45) is 0 Å². The van der Waals surface area contributed by atoms with Gasteiger partial charge in [0.1, 0.15) is 0 Å². The molecule has 0 bridgehead atoms. The Morgan fingerprint density at radius 2 is 2.00 bits per heavy atom. The van der Waals surface area contributed by atoms with Gasteiger partial charge in [0.25, 0.3) is 0 Å². The van der Waals surface area contributed by atoms with Gasteiger partial charge >= 0.3 is 0 Å². The Labute approximate surface area is 177 Å². The lowest BCUT2D eigenvalue weighted by atomic mass is 9.96. The summed E-state index contributed by atoms with van der Waals surface area (Å²) in [7, 11) is 0. The number of thiocarbonyl (C=S) groups is 1. The Balaban J connectivity index is 1.81. The molecule has 0 aromatic carbocycles. The molecule has 0 radical (unpaired) electrons. The van der Waals surface area contributed by atoms with Crippen LogP contribution in [0.25, 0.3) is 5.69 Å². The fourth-order valence-corrected chi connectivity index (χ4v) is 4.62. The van der Waals surface area contributed by atoms with Crippen LogP contribution >= 0.6 is 12.2 Å². The van der Waals surface area contributed by atoms with Gasteiger partial charge in [0.2, 0.25) is 0 Å². The smallest absolute Gasteiger partial charge is 0.170 e. The second kappa shape index (κ2) is 8.33. The first-order chi connectivity index (χ1) is 14.1. The number of aryl methyl sites for hydroxylation is 1. The standard InChI is InChI=1S/C23H27N5S/c1-4-5-13-27-22(21(26-23(27)29)20-10-6-7-12-25-20)19-14-16(2)28(17(19)3)18-9-8-11-24-15-18/h6-12,14-15,21-22H,4-5,13H2,1-3H3,(H,26,29)/t21-,22+/m0/s1. The number of hydrogen-bond donors (Lipinski definition) is 1. The fraction of sp³-hybridized carbons (Fsp3) is 0.348. The van der Waals surface area contributed by atoms with E-state index < -0.39 is 0 Å². The van der Waals surface area contributed by atoms with Crippen LogP contribution in [0.5, 0.6) is 0 Å². The second-order valence-electron chi connectivity index (χ2n) is 7.55. The minimum Gasteiger partial charge on any atom is -0.352 e. The largest absolute Gasteiger partial charge is 0.352 e. The SMILES string of the molecule is CCCCN1C(=S)N[C@@H](c2ccccn2)[C@H]1c1cc(C)n(-c2cccnc2)c1C. The van der Waals surface area contributed by atoms with Gasteiger partial charge < -0.3 is 14.8 Å². The van der Waals surface area contributed by atoms with Crippen molar-refractivity contribution >= 4 is 17.3 Å². The van der Waals surface area contributed by atoms with Crippen LogP contribution in [0.1, 0.15) is 54.5 Å². The molecule has 5 nitrogen and oxygen atoms in total. The maximum atomic E-state index is 5.75. The zero-order valence-corrected chi connectivity index (χ0v) is 18.0. The first-order valence-electron chi connectivity index (χ1n) is 10.2. The normalized spacial score (nSPS) is 18.9. The Morgan fingerprint density at radius 1 is 1.14 bits per heavy atom. The minimum absolute atomic E-state index is 0.0309. The number of pyridine rings is 2. The summed E-state index contributed by atoms with van der Waals surface area (Å²) in [6, 6.07) is 12.6. The molecule has 1 saturated heterocycles. The average Bonchev–Trinajstić information content (AvgIpc) is 3.23. The van der Waals surface area contributed by atoms with Gasteiger partial charge in [-0.2, -0.15) is 0 Å². The van der Waals surface area contributed by atoms with Gasteiger partial charge in [0, 0.05) is 30.3 Å². The molecular formula is C23H27N5S. The van der Waals surface area contributed by atoms with E-state index in [1.54, 1.807) is 0 Å². The predicted octanol–water partition coefficient (Wildman–Crippen LogP) is 4.66. The molecular weight excluding hydrogens is 378 g/mol. The van der Waals surface area contributed by atoms with Crippen molar-refractivity contribution in [1.29, 1.82) is 0 Å². The van der Waals surface area contributed by atoms with E-state index in [9.17, 15) is 0 Å². The van der Waals surface area contributed by atoms with Crippen molar-refractivity contribution in [2.75, 3.05) is 6.54 Å². The summed E-state index contributed by atoms with van der Waals surface area (Å²) in [5.74, 6) is 0. The van der Waals surface area contributed by atoms with Gasteiger partial charge in [-0.25, -0.2) is 0 Å². The molecule has 1 fully saturated rings. The van der Waals surface area contributed by atoms with Crippen molar-refractivity contribution < 1.29 is 0 Å². The van der Waals surface area contributed by atoms with Gasteiger partial charge in [-0.15, -0.1) is 0 Å². The van der Waals surface area contributed by atoms with E-state index in [1.807, 2.05) is 36.8 Å². The Kier molecular flexibility index (Phi) is 5.62. The lowest BCUT2D eigenvalue weighted by molar-refractivity contribution is 0.312. The second-order valence-corrected chi connectivity index (χ2v) is 7.93. The molecule has 0 amide bonds. The first-order valence-corrected chi connectivity index (χ1v) is 10.6. The average molecular weight is 406 g/mol. The number of unbranched alkanes of at least 4 members (excludes halogenated alkanes) is 1. The molecule has 1 aliphatic rings. The van der Waals surface area contributed by atoms with Crippen LogP contribution in [0.15, 0.2) is 55.0 Å². The van der Waals surface area contributed by atoms with E-state index >= 15 is 0 Å². The molecule has 4 rings (SSSR count). The topological polar surface area (TPSA) is 46.0 Å². The molecule has 150 valence electrons. The molecule has 1 aliphatic heterocycles. The highest BCUT2D eigenvalue weighted by Crippen LogP contribution is 2.41. The maximum Gasteiger partial charge on any atom is 0.170 e. The summed E-state index contributed by atoms with van der Waals surface area (Å²) in [6.07, 6.45) is 7.81. The highest BCUT2D eigenvalue weighted by molar-refractivity contribution is 7.80. The molecule has 0 aliphatic carbocycles. The van der Waals surface area contributed by atoms with Crippen molar-refractivity contribution in [3.8, 4) is 5.69 Å². The number of rotatable bonds is 6. The zero-order valence-electron chi connectivity index (χ0n) is 17.2. The fourth-order valence-electron chi connectivity index (χ4n) is 4.28. The lowest BCUT2D eigenvalue weighted by Crippen LogP contribution is -2.30.